The molecule has 0 heterocycles. The molecule has 80 valence electrons. The van der Waals surface area contributed by atoms with E-state index >= 15 is 0 Å². The molecule has 0 amide bonds. The third kappa shape index (κ3) is 1.59. The fraction of sp³-hybridized carbons (Fsp3) is 0.364. The van der Waals surface area contributed by atoms with E-state index in [1.807, 2.05) is 6.26 Å². The van der Waals surface area contributed by atoms with Crippen molar-refractivity contribution in [1.82, 2.24) is 0 Å². The van der Waals surface area contributed by atoms with Crippen molar-refractivity contribution in [2.75, 3.05) is 6.26 Å². The molecule has 1 aliphatic rings. The number of phenols is 1. The molecule has 1 fully saturated rings. The van der Waals surface area contributed by atoms with Gasteiger partial charge in [-0.1, -0.05) is 0 Å². The summed E-state index contributed by atoms with van der Waals surface area (Å²) in [7, 11) is 0. The zero-order valence-electron chi connectivity index (χ0n) is 8.36. The van der Waals surface area contributed by atoms with Crippen molar-refractivity contribution < 1.29 is 15.0 Å². The highest BCUT2D eigenvalue weighted by molar-refractivity contribution is 7.98. The van der Waals surface area contributed by atoms with Crippen LogP contribution in [0, 0.1) is 0 Å². The van der Waals surface area contributed by atoms with Gasteiger partial charge in [-0.05, 0) is 37.3 Å². The molecule has 1 aromatic rings. The minimum atomic E-state index is -0.837. The van der Waals surface area contributed by atoms with Crippen LogP contribution in [0.15, 0.2) is 23.1 Å². The van der Waals surface area contributed by atoms with Gasteiger partial charge in [0, 0.05) is 10.5 Å². The van der Waals surface area contributed by atoms with Crippen LogP contribution in [0.1, 0.15) is 18.4 Å². The second kappa shape index (κ2) is 3.45. The van der Waals surface area contributed by atoms with Crippen LogP contribution in [0.4, 0.5) is 0 Å². The largest absolute Gasteiger partial charge is 0.508 e. The van der Waals surface area contributed by atoms with Gasteiger partial charge in [-0.15, -0.1) is 11.8 Å². The molecular formula is C11H12O3S. The van der Waals surface area contributed by atoms with Crippen molar-refractivity contribution in [3.8, 4) is 5.75 Å². The number of hydrogen-bond donors (Lipinski definition) is 2. The predicted molar refractivity (Wildman–Crippen MR) is 58.4 cm³/mol. The number of carboxylic acid groups (broad SMARTS) is 1. The van der Waals surface area contributed by atoms with E-state index in [4.69, 9.17) is 5.11 Å². The monoisotopic (exact) mass is 224 g/mol. The SMILES string of the molecule is CSc1ccc(O)c(C2(C(=O)O)CC2)c1. The molecular weight excluding hydrogens is 212 g/mol. The summed E-state index contributed by atoms with van der Waals surface area (Å²) in [5, 5.41) is 18.8. The number of thioether (sulfide) groups is 1. The van der Waals surface area contributed by atoms with E-state index < -0.39 is 11.4 Å². The quantitative estimate of drug-likeness (QED) is 0.773. The Hall–Kier alpha value is -1.16. The number of benzene rings is 1. The van der Waals surface area contributed by atoms with Gasteiger partial charge < -0.3 is 10.2 Å². The topological polar surface area (TPSA) is 57.5 Å². The van der Waals surface area contributed by atoms with Crippen LogP contribution in [0.25, 0.3) is 0 Å². The molecule has 0 radical (unpaired) electrons. The lowest BCUT2D eigenvalue weighted by Crippen LogP contribution is -2.19. The molecule has 4 heteroatoms. The van der Waals surface area contributed by atoms with E-state index in [2.05, 4.69) is 0 Å². The van der Waals surface area contributed by atoms with Crippen molar-refractivity contribution in [3.63, 3.8) is 0 Å². The molecule has 0 unspecified atom stereocenters. The number of carboxylic acids is 1. The van der Waals surface area contributed by atoms with Crippen molar-refractivity contribution in [1.29, 1.82) is 0 Å². The molecule has 1 aromatic carbocycles. The number of aliphatic carboxylic acids is 1. The second-order valence-corrected chi connectivity index (χ2v) is 4.65. The van der Waals surface area contributed by atoms with E-state index in [0.717, 1.165) is 4.90 Å². The summed E-state index contributed by atoms with van der Waals surface area (Å²) >= 11 is 1.54. The first-order chi connectivity index (χ1) is 7.10. The molecule has 0 spiro atoms. The van der Waals surface area contributed by atoms with Gasteiger partial charge in [-0.3, -0.25) is 4.79 Å². The maximum Gasteiger partial charge on any atom is 0.314 e. The zero-order valence-corrected chi connectivity index (χ0v) is 9.17. The Morgan fingerprint density at radius 1 is 1.47 bits per heavy atom. The zero-order chi connectivity index (χ0) is 11.1. The number of hydrogen-bond acceptors (Lipinski definition) is 3. The van der Waals surface area contributed by atoms with Gasteiger partial charge in [-0.25, -0.2) is 0 Å². The van der Waals surface area contributed by atoms with E-state index in [1.54, 1.807) is 30.0 Å². The average Bonchev–Trinajstić information content (AvgIpc) is 2.99. The lowest BCUT2D eigenvalue weighted by Gasteiger charge is -2.13. The third-order valence-corrected chi connectivity index (χ3v) is 3.60. The Balaban J connectivity index is 2.47. The third-order valence-electron chi connectivity index (χ3n) is 2.88. The maximum absolute atomic E-state index is 11.1. The highest BCUT2D eigenvalue weighted by atomic mass is 32.2. The van der Waals surface area contributed by atoms with Gasteiger partial charge in [0.25, 0.3) is 0 Å². The van der Waals surface area contributed by atoms with Crippen LogP contribution in [0.3, 0.4) is 0 Å². The van der Waals surface area contributed by atoms with E-state index in [0.29, 0.717) is 18.4 Å². The van der Waals surface area contributed by atoms with Crippen LogP contribution < -0.4 is 0 Å². The Morgan fingerprint density at radius 2 is 2.13 bits per heavy atom. The summed E-state index contributed by atoms with van der Waals surface area (Å²) in [6.45, 7) is 0. The first-order valence-corrected chi connectivity index (χ1v) is 5.93. The Labute approximate surface area is 92.1 Å². The normalized spacial score (nSPS) is 17.4. The maximum atomic E-state index is 11.1. The number of carbonyl (C=O) groups is 1. The highest BCUT2D eigenvalue weighted by Gasteiger charge is 2.53. The smallest absolute Gasteiger partial charge is 0.314 e. The average molecular weight is 224 g/mol. The van der Waals surface area contributed by atoms with E-state index in [9.17, 15) is 9.90 Å². The fourth-order valence-corrected chi connectivity index (χ4v) is 2.19. The minimum absolute atomic E-state index is 0.0905. The van der Waals surface area contributed by atoms with Crippen molar-refractivity contribution in [2.45, 2.75) is 23.2 Å². The lowest BCUT2D eigenvalue weighted by atomic mass is 9.95. The van der Waals surface area contributed by atoms with Crippen LogP contribution >= 0.6 is 11.8 Å². The molecule has 0 aromatic heterocycles. The van der Waals surface area contributed by atoms with Gasteiger partial charge in [-0.2, -0.15) is 0 Å². The summed E-state index contributed by atoms with van der Waals surface area (Å²) in [6, 6.07) is 5.15. The Morgan fingerprint density at radius 3 is 2.60 bits per heavy atom. The summed E-state index contributed by atoms with van der Waals surface area (Å²) in [5.41, 5.74) is -0.266. The molecule has 1 saturated carbocycles. The van der Waals surface area contributed by atoms with Crippen molar-refractivity contribution in [3.05, 3.63) is 23.8 Å². The minimum Gasteiger partial charge on any atom is -0.508 e. The van der Waals surface area contributed by atoms with Gasteiger partial charge in [0.2, 0.25) is 0 Å². The summed E-state index contributed by atoms with van der Waals surface area (Å²) in [6.07, 6.45) is 3.16. The van der Waals surface area contributed by atoms with Crippen LogP contribution in [0.2, 0.25) is 0 Å². The fourth-order valence-electron chi connectivity index (χ4n) is 1.75. The molecule has 15 heavy (non-hydrogen) atoms. The number of aromatic hydroxyl groups is 1. The molecule has 3 nitrogen and oxygen atoms in total. The Kier molecular flexibility index (Phi) is 2.38. The molecule has 2 N–H and O–H groups in total. The van der Waals surface area contributed by atoms with Crippen LogP contribution in [0.5, 0.6) is 5.75 Å². The molecule has 0 bridgehead atoms. The van der Waals surface area contributed by atoms with E-state index in [1.165, 1.54) is 0 Å². The standard InChI is InChI=1S/C11H12O3S/c1-15-7-2-3-9(12)8(6-7)11(4-5-11)10(13)14/h2-3,6,12H,4-5H2,1H3,(H,13,14). The van der Waals surface area contributed by atoms with E-state index in [-0.39, 0.29) is 5.75 Å². The summed E-state index contributed by atoms with van der Waals surface area (Å²) in [5.74, 6) is -0.747. The van der Waals surface area contributed by atoms with Crippen LogP contribution in [-0.2, 0) is 10.2 Å². The lowest BCUT2D eigenvalue weighted by molar-refractivity contribution is -0.140. The van der Waals surface area contributed by atoms with Crippen LogP contribution in [-0.4, -0.2) is 22.4 Å². The highest BCUT2D eigenvalue weighted by Crippen LogP contribution is 2.51. The van der Waals surface area contributed by atoms with Gasteiger partial charge >= 0.3 is 5.97 Å². The molecule has 0 atom stereocenters. The molecule has 0 aliphatic heterocycles. The molecule has 1 aliphatic carbocycles. The first-order valence-electron chi connectivity index (χ1n) is 4.71. The first kappa shape index (κ1) is 10.4. The predicted octanol–water partition coefficient (Wildman–Crippen LogP) is 2.23. The Bertz CT molecular complexity index is 410. The van der Waals surface area contributed by atoms with Crippen molar-refractivity contribution in [2.24, 2.45) is 0 Å². The molecule has 2 rings (SSSR count). The number of rotatable bonds is 3. The number of phenolic OH excluding ortho intramolecular Hbond substituents is 1. The summed E-state index contributed by atoms with van der Waals surface area (Å²) < 4.78 is 0. The van der Waals surface area contributed by atoms with Crippen molar-refractivity contribution >= 4 is 17.7 Å². The van der Waals surface area contributed by atoms with Gasteiger partial charge in [0.15, 0.2) is 0 Å². The van der Waals surface area contributed by atoms with Gasteiger partial charge in [0.05, 0.1) is 5.41 Å². The molecule has 0 saturated heterocycles. The second-order valence-electron chi connectivity index (χ2n) is 3.77. The van der Waals surface area contributed by atoms with Gasteiger partial charge in [0.1, 0.15) is 5.75 Å². The summed E-state index contributed by atoms with van der Waals surface area (Å²) in [4.78, 5) is 12.1.